The van der Waals surface area contributed by atoms with E-state index < -0.39 is 18.5 Å². The number of halogens is 2. The van der Waals surface area contributed by atoms with Crippen LogP contribution in [0.3, 0.4) is 0 Å². The van der Waals surface area contributed by atoms with Gasteiger partial charge < -0.3 is 19.4 Å². The highest BCUT2D eigenvalue weighted by Gasteiger charge is 2.18. The summed E-state index contributed by atoms with van der Waals surface area (Å²) in [6.45, 7) is 1.54. The Morgan fingerprint density at radius 3 is 2.56 bits per heavy atom. The van der Waals surface area contributed by atoms with Gasteiger partial charge in [-0.05, 0) is 55.5 Å². The van der Waals surface area contributed by atoms with Gasteiger partial charge in [-0.2, -0.15) is 8.78 Å². The van der Waals surface area contributed by atoms with Gasteiger partial charge in [-0.3, -0.25) is 4.79 Å². The molecule has 3 aromatic rings. The Morgan fingerprint density at radius 1 is 1.16 bits per heavy atom. The minimum absolute atomic E-state index is 0.0782. The van der Waals surface area contributed by atoms with Crippen molar-refractivity contribution in [1.29, 1.82) is 0 Å². The average molecular weight is 463 g/mol. The predicted molar refractivity (Wildman–Crippen MR) is 117 cm³/mol. The fraction of sp³-hybridized carbons (Fsp3) is 0.304. The van der Waals surface area contributed by atoms with Crippen LogP contribution in [0.2, 0.25) is 0 Å². The number of carbonyl (C=O) groups excluding carboxylic acids is 2. The Bertz CT molecular complexity index is 1050. The van der Waals surface area contributed by atoms with Crippen LogP contribution >= 0.6 is 11.3 Å². The summed E-state index contributed by atoms with van der Waals surface area (Å²) in [5.74, 6) is -0.877. The molecular weight excluding hydrogens is 438 g/mol. The fourth-order valence-electron chi connectivity index (χ4n) is 3.25. The second kappa shape index (κ2) is 10.9. The van der Waals surface area contributed by atoms with Crippen molar-refractivity contribution in [3.8, 4) is 5.75 Å². The standard InChI is InChI=1S/C23H24F2N2O4S/c1-15-12-20(16(2)27(15)13-19-4-3-11-32-19)22(29)30-14-21(28)26-10-9-17-5-7-18(8-6-17)31-23(24)25/h3-8,11-12,23H,9-10,13-14H2,1-2H3,(H,26,28). The number of aromatic nitrogens is 1. The molecule has 6 nitrogen and oxygen atoms in total. The van der Waals surface area contributed by atoms with Crippen LogP contribution in [-0.4, -0.2) is 36.2 Å². The van der Waals surface area contributed by atoms with Crippen LogP contribution in [0.25, 0.3) is 0 Å². The molecule has 0 aliphatic carbocycles. The minimum atomic E-state index is -2.87. The molecule has 0 radical (unpaired) electrons. The number of hydrogen-bond acceptors (Lipinski definition) is 5. The third kappa shape index (κ3) is 6.40. The molecule has 0 bridgehead atoms. The summed E-state index contributed by atoms with van der Waals surface area (Å²) in [5, 5.41) is 4.68. The molecule has 0 atom stereocenters. The molecule has 0 saturated heterocycles. The normalized spacial score (nSPS) is 10.9. The zero-order chi connectivity index (χ0) is 23.1. The van der Waals surface area contributed by atoms with Gasteiger partial charge in [0.05, 0.1) is 12.1 Å². The molecule has 3 rings (SSSR count). The van der Waals surface area contributed by atoms with Gasteiger partial charge in [0.2, 0.25) is 0 Å². The predicted octanol–water partition coefficient (Wildman–Crippen LogP) is 4.33. The van der Waals surface area contributed by atoms with Crippen molar-refractivity contribution in [3.63, 3.8) is 0 Å². The van der Waals surface area contributed by atoms with Gasteiger partial charge in [-0.1, -0.05) is 18.2 Å². The van der Waals surface area contributed by atoms with E-state index in [9.17, 15) is 18.4 Å². The highest BCUT2D eigenvalue weighted by Crippen LogP contribution is 2.20. The molecule has 0 aliphatic heterocycles. The average Bonchev–Trinajstić information content (AvgIpc) is 3.37. The van der Waals surface area contributed by atoms with Gasteiger partial charge in [0.15, 0.2) is 6.61 Å². The zero-order valence-corrected chi connectivity index (χ0v) is 18.6. The SMILES string of the molecule is Cc1cc(C(=O)OCC(=O)NCCc2ccc(OC(F)F)cc2)c(C)n1Cc1cccs1. The number of amides is 1. The molecule has 1 aromatic carbocycles. The Morgan fingerprint density at radius 2 is 1.91 bits per heavy atom. The van der Waals surface area contributed by atoms with Crippen LogP contribution in [0.1, 0.15) is 32.2 Å². The quantitative estimate of drug-likeness (QED) is 0.456. The minimum Gasteiger partial charge on any atom is -0.452 e. The first-order chi connectivity index (χ1) is 15.3. The number of hydrogen-bond donors (Lipinski definition) is 1. The van der Waals surface area contributed by atoms with Gasteiger partial charge in [0, 0.05) is 22.8 Å². The Hall–Kier alpha value is -3.20. The smallest absolute Gasteiger partial charge is 0.387 e. The van der Waals surface area contributed by atoms with Crippen LogP contribution in [0.4, 0.5) is 8.78 Å². The molecule has 0 spiro atoms. The van der Waals surface area contributed by atoms with E-state index in [-0.39, 0.29) is 12.4 Å². The number of ether oxygens (including phenoxy) is 2. The van der Waals surface area contributed by atoms with Gasteiger partial charge >= 0.3 is 12.6 Å². The van der Waals surface area contributed by atoms with E-state index in [0.717, 1.165) is 17.0 Å². The maximum Gasteiger partial charge on any atom is 0.387 e. The van der Waals surface area contributed by atoms with Gasteiger partial charge in [0.1, 0.15) is 5.75 Å². The van der Waals surface area contributed by atoms with Gasteiger partial charge in [-0.25, -0.2) is 4.79 Å². The molecular formula is C23H24F2N2O4S. The first-order valence-electron chi connectivity index (χ1n) is 10.00. The maximum absolute atomic E-state index is 12.5. The lowest BCUT2D eigenvalue weighted by Crippen LogP contribution is -2.30. The Balaban J connectivity index is 1.44. The molecule has 2 heterocycles. The number of rotatable bonds is 10. The van der Waals surface area contributed by atoms with E-state index in [4.69, 9.17) is 4.74 Å². The molecule has 170 valence electrons. The Labute approximate surface area is 188 Å². The highest BCUT2D eigenvalue weighted by atomic mass is 32.1. The van der Waals surface area contributed by atoms with Crippen molar-refractivity contribution >= 4 is 23.2 Å². The molecule has 9 heteroatoms. The zero-order valence-electron chi connectivity index (χ0n) is 17.8. The van der Waals surface area contributed by atoms with E-state index in [0.29, 0.717) is 25.1 Å². The number of carbonyl (C=O) groups is 2. The Kier molecular flexibility index (Phi) is 7.99. The summed E-state index contributed by atoms with van der Waals surface area (Å²) in [7, 11) is 0. The first-order valence-corrected chi connectivity index (χ1v) is 10.9. The lowest BCUT2D eigenvalue weighted by molar-refractivity contribution is -0.124. The third-order valence-electron chi connectivity index (χ3n) is 4.91. The van der Waals surface area contributed by atoms with E-state index >= 15 is 0 Å². The molecule has 2 aromatic heterocycles. The molecule has 1 amide bonds. The number of alkyl halides is 2. The first kappa shape index (κ1) is 23.5. The lowest BCUT2D eigenvalue weighted by Gasteiger charge is -2.09. The van der Waals surface area contributed by atoms with Crippen LogP contribution in [0, 0.1) is 13.8 Å². The number of esters is 1. The summed E-state index contributed by atoms with van der Waals surface area (Å²) >= 11 is 1.65. The van der Waals surface area contributed by atoms with Gasteiger partial charge in [0.25, 0.3) is 5.91 Å². The van der Waals surface area contributed by atoms with Gasteiger partial charge in [-0.15, -0.1) is 11.3 Å². The summed E-state index contributed by atoms with van der Waals surface area (Å²) in [6, 6.07) is 12.0. The van der Waals surface area contributed by atoms with Crippen LogP contribution < -0.4 is 10.1 Å². The molecule has 0 saturated carbocycles. The maximum atomic E-state index is 12.5. The summed E-state index contributed by atoms with van der Waals surface area (Å²) in [4.78, 5) is 25.7. The molecule has 0 aliphatic rings. The summed E-state index contributed by atoms with van der Waals surface area (Å²) in [5.41, 5.74) is 3.03. The largest absolute Gasteiger partial charge is 0.452 e. The number of benzene rings is 1. The van der Waals surface area contributed by atoms with Crippen LogP contribution in [0.15, 0.2) is 47.8 Å². The molecule has 0 fully saturated rings. The lowest BCUT2D eigenvalue weighted by atomic mass is 10.1. The number of nitrogens with one attached hydrogen (secondary N) is 1. The topological polar surface area (TPSA) is 69.6 Å². The van der Waals surface area contributed by atoms with E-state index in [2.05, 4.69) is 10.1 Å². The number of thiophene rings is 1. The van der Waals surface area contributed by atoms with Crippen molar-refractivity contribution in [1.82, 2.24) is 9.88 Å². The van der Waals surface area contributed by atoms with Crippen LogP contribution in [-0.2, 0) is 22.5 Å². The van der Waals surface area contributed by atoms with E-state index in [1.54, 1.807) is 29.5 Å². The third-order valence-corrected chi connectivity index (χ3v) is 5.77. The van der Waals surface area contributed by atoms with E-state index in [1.165, 1.54) is 17.0 Å². The number of nitrogens with zero attached hydrogens (tertiary/aromatic N) is 1. The van der Waals surface area contributed by atoms with Crippen molar-refractivity contribution in [2.24, 2.45) is 0 Å². The monoisotopic (exact) mass is 462 g/mol. The fourth-order valence-corrected chi connectivity index (χ4v) is 3.95. The van der Waals surface area contributed by atoms with Crippen molar-refractivity contribution in [2.75, 3.05) is 13.2 Å². The molecule has 32 heavy (non-hydrogen) atoms. The summed E-state index contributed by atoms with van der Waals surface area (Å²) in [6.07, 6.45) is 0.499. The van der Waals surface area contributed by atoms with E-state index in [1.807, 2.05) is 35.9 Å². The second-order valence-electron chi connectivity index (χ2n) is 7.15. The van der Waals surface area contributed by atoms with Crippen molar-refractivity contribution in [3.05, 3.63) is 75.2 Å². The van der Waals surface area contributed by atoms with Crippen LogP contribution in [0.5, 0.6) is 5.75 Å². The van der Waals surface area contributed by atoms with Crippen molar-refractivity contribution < 1.29 is 27.8 Å². The highest BCUT2D eigenvalue weighted by molar-refractivity contribution is 7.09. The second-order valence-corrected chi connectivity index (χ2v) is 8.18. The molecule has 0 unspecified atom stereocenters. The number of aryl methyl sites for hydroxylation is 1. The molecule has 1 N–H and O–H groups in total. The summed E-state index contributed by atoms with van der Waals surface area (Å²) < 4.78 is 35.8. The van der Waals surface area contributed by atoms with Crippen molar-refractivity contribution in [2.45, 2.75) is 33.4 Å².